The molecule has 24 heavy (non-hydrogen) atoms. The lowest BCUT2D eigenvalue weighted by molar-refractivity contribution is 0.417. The molecule has 0 spiro atoms. The average molecular weight is 337 g/mol. The summed E-state index contributed by atoms with van der Waals surface area (Å²) in [6.07, 6.45) is 3.69. The van der Waals surface area contributed by atoms with E-state index in [1.807, 2.05) is 53.2 Å². The number of rotatable bonds is 4. The fourth-order valence-electron chi connectivity index (χ4n) is 2.61. The smallest absolute Gasteiger partial charge is 0.234 e. The Morgan fingerprint density at radius 3 is 2.92 bits per heavy atom. The highest BCUT2D eigenvalue weighted by Gasteiger charge is 2.15. The van der Waals surface area contributed by atoms with Gasteiger partial charge in [-0.2, -0.15) is 0 Å². The molecule has 1 aromatic carbocycles. The zero-order valence-corrected chi connectivity index (χ0v) is 14.0. The average Bonchev–Trinajstić information content (AvgIpc) is 3.18. The molecule has 0 atom stereocenters. The molecule has 3 aromatic heterocycles. The van der Waals surface area contributed by atoms with Crippen LogP contribution in [0.1, 0.15) is 5.69 Å². The Morgan fingerprint density at radius 1 is 1.17 bits per heavy atom. The zero-order chi connectivity index (χ0) is 16.5. The molecule has 3 heterocycles. The van der Waals surface area contributed by atoms with Crippen LogP contribution in [0.5, 0.6) is 5.75 Å². The van der Waals surface area contributed by atoms with Crippen LogP contribution < -0.4 is 10.1 Å². The number of imidazole rings is 1. The van der Waals surface area contributed by atoms with Crippen molar-refractivity contribution in [3.8, 4) is 17.1 Å². The summed E-state index contributed by atoms with van der Waals surface area (Å²) >= 11 is 1.54. The highest BCUT2D eigenvalue weighted by Crippen LogP contribution is 2.32. The molecule has 120 valence electrons. The number of aromatic nitrogens is 4. The van der Waals surface area contributed by atoms with E-state index in [9.17, 15) is 0 Å². The lowest BCUT2D eigenvalue weighted by Crippen LogP contribution is -1.94. The molecule has 0 amide bonds. The van der Waals surface area contributed by atoms with Crippen molar-refractivity contribution in [2.24, 2.45) is 0 Å². The molecule has 0 saturated carbocycles. The minimum atomic E-state index is 0.678. The summed E-state index contributed by atoms with van der Waals surface area (Å²) in [7, 11) is 1.66. The Labute approximate surface area is 142 Å². The largest absolute Gasteiger partial charge is 0.495 e. The number of para-hydroxylation sites is 2. The summed E-state index contributed by atoms with van der Waals surface area (Å²) in [5, 5.41) is 6.12. The van der Waals surface area contributed by atoms with Gasteiger partial charge in [0.1, 0.15) is 11.4 Å². The number of aryl methyl sites for hydroxylation is 1. The standard InChI is InChI=1S/C17H15N5OS/c1-11-15(22-9-5-8-18-16(22)19-11)13-10-24-17(21-13)20-12-6-3-4-7-14(12)23-2/h3-10H,1-2H3,(H,20,21). The second kappa shape index (κ2) is 5.93. The first-order valence-electron chi connectivity index (χ1n) is 7.42. The van der Waals surface area contributed by atoms with Gasteiger partial charge in [-0.3, -0.25) is 4.40 Å². The van der Waals surface area contributed by atoms with E-state index in [2.05, 4.69) is 15.3 Å². The number of ether oxygens (including phenoxy) is 1. The van der Waals surface area contributed by atoms with E-state index in [1.54, 1.807) is 13.3 Å². The van der Waals surface area contributed by atoms with E-state index in [0.29, 0.717) is 5.78 Å². The predicted molar refractivity (Wildman–Crippen MR) is 95.1 cm³/mol. The summed E-state index contributed by atoms with van der Waals surface area (Å²) in [5.74, 6) is 1.46. The van der Waals surface area contributed by atoms with E-state index >= 15 is 0 Å². The third kappa shape index (κ3) is 2.48. The maximum atomic E-state index is 5.37. The van der Waals surface area contributed by atoms with Crippen LogP contribution in [0, 0.1) is 6.92 Å². The van der Waals surface area contributed by atoms with E-state index < -0.39 is 0 Å². The SMILES string of the molecule is COc1ccccc1Nc1nc(-c2c(C)nc3ncccn23)cs1. The topological polar surface area (TPSA) is 64.3 Å². The van der Waals surface area contributed by atoms with Gasteiger partial charge in [0.25, 0.3) is 0 Å². The Balaban J connectivity index is 1.71. The van der Waals surface area contributed by atoms with Crippen molar-refractivity contribution >= 4 is 27.9 Å². The van der Waals surface area contributed by atoms with E-state index in [-0.39, 0.29) is 0 Å². The molecular formula is C17H15N5OS. The summed E-state index contributed by atoms with van der Waals surface area (Å²) in [6, 6.07) is 9.66. The molecule has 1 N–H and O–H groups in total. The molecule has 0 unspecified atom stereocenters. The third-order valence-corrected chi connectivity index (χ3v) is 4.43. The van der Waals surface area contributed by atoms with Crippen LogP contribution >= 0.6 is 11.3 Å². The van der Waals surface area contributed by atoms with Crippen LogP contribution in [-0.2, 0) is 0 Å². The molecule has 6 nitrogen and oxygen atoms in total. The molecule has 0 aliphatic rings. The molecule has 0 aliphatic heterocycles. The number of methoxy groups -OCH3 is 1. The van der Waals surface area contributed by atoms with Gasteiger partial charge in [0, 0.05) is 17.8 Å². The van der Waals surface area contributed by atoms with Crippen molar-refractivity contribution in [2.75, 3.05) is 12.4 Å². The number of hydrogen-bond acceptors (Lipinski definition) is 6. The van der Waals surface area contributed by atoms with Crippen molar-refractivity contribution in [1.82, 2.24) is 19.4 Å². The van der Waals surface area contributed by atoms with Gasteiger partial charge < -0.3 is 10.1 Å². The number of benzene rings is 1. The van der Waals surface area contributed by atoms with Crippen LogP contribution in [0.2, 0.25) is 0 Å². The van der Waals surface area contributed by atoms with Gasteiger partial charge in [0.05, 0.1) is 24.2 Å². The van der Waals surface area contributed by atoms with Gasteiger partial charge in [-0.25, -0.2) is 15.0 Å². The Hall–Kier alpha value is -2.93. The van der Waals surface area contributed by atoms with Gasteiger partial charge in [-0.15, -0.1) is 11.3 Å². The van der Waals surface area contributed by atoms with Crippen molar-refractivity contribution < 1.29 is 4.74 Å². The minimum absolute atomic E-state index is 0.678. The predicted octanol–water partition coefficient (Wildman–Crippen LogP) is 3.91. The highest BCUT2D eigenvalue weighted by atomic mass is 32.1. The summed E-state index contributed by atoms with van der Waals surface area (Å²) in [6.45, 7) is 1.97. The lowest BCUT2D eigenvalue weighted by Gasteiger charge is -2.08. The Kier molecular flexibility index (Phi) is 3.62. The van der Waals surface area contributed by atoms with E-state index in [4.69, 9.17) is 9.72 Å². The highest BCUT2D eigenvalue weighted by molar-refractivity contribution is 7.14. The van der Waals surface area contributed by atoms with Crippen molar-refractivity contribution in [3.05, 3.63) is 53.8 Å². The zero-order valence-electron chi connectivity index (χ0n) is 13.2. The number of nitrogens with one attached hydrogen (secondary N) is 1. The molecule has 0 radical (unpaired) electrons. The Bertz CT molecular complexity index is 1010. The molecule has 4 rings (SSSR count). The van der Waals surface area contributed by atoms with Gasteiger partial charge in [-0.1, -0.05) is 12.1 Å². The monoisotopic (exact) mass is 337 g/mol. The fourth-order valence-corrected chi connectivity index (χ4v) is 3.32. The minimum Gasteiger partial charge on any atom is -0.495 e. The first-order valence-corrected chi connectivity index (χ1v) is 8.30. The maximum absolute atomic E-state index is 5.37. The quantitative estimate of drug-likeness (QED) is 0.611. The van der Waals surface area contributed by atoms with E-state index in [1.165, 1.54) is 11.3 Å². The number of nitrogens with zero attached hydrogens (tertiary/aromatic N) is 4. The third-order valence-electron chi connectivity index (χ3n) is 3.67. The molecule has 0 bridgehead atoms. The number of fused-ring (bicyclic) bond motifs is 1. The van der Waals surface area contributed by atoms with Crippen LogP contribution in [0.3, 0.4) is 0 Å². The first kappa shape index (κ1) is 14.6. The molecule has 0 saturated heterocycles. The van der Waals surface area contributed by atoms with Crippen molar-refractivity contribution in [3.63, 3.8) is 0 Å². The second-order valence-corrected chi connectivity index (χ2v) is 6.06. The van der Waals surface area contributed by atoms with Gasteiger partial charge in [-0.05, 0) is 25.1 Å². The molecular weight excluding hydrogens is 322 g/mol. The van der Waals surface area contributed by atoms with Gasteiger partial charge in [0.2, 0.25) is 5.78 Å². The van der Waals surface area contributed by atoms with Crippen LogP contribution in [0.15, 0.2) is 48.1 Å². The number of anilines is 2. The number of thiazole rings is 1. The van der Waals surface area contributed by atoms with Crippen LogP contribution in [0.4, 0.5) is 10.8 Å². The van der Waals surface area contributed by atoms with Crippen molar-refractivity contribution in [2.45, 2.75) is 6.92 Å². The molecule has 7 heteroatoms. The van der Waals surface area contributed by atoms with Crippen molar-refractivity contribution in [1.29, 1.82) is 0 Å². The van der Waals surface area contributed by atoms with Crippen LogP contribution in [0.25, 0.3) is 17.2 Å². The maximum Gasteiger partial charge on any atom is 0.234 e. The fraction of sp³-hybridized carbons (Fsp3) is 0.118. The van der Waals surface area contributed by atoms with Gasteiger partial charge >= 0.3 is 0 Å². The van der Waals surface area contributed by atoms with Crippen LogP contribution in [-0.4, -0.2) is 26.5 Å². The summed E-state index contributed by atoms with van der Waals surface area (Å²) < 4.78 is 7.32. The number of hydrogen-bond donors (Lipinski definition) is 1. The summed E-state index contributed by atoms with van der Waals surface area (Å²) in [4.78, 5) is 13.5. The molecule has 0 aliphatic carbocycles. The molecule has 4 aromatic rings. The second-order valence-electron chi connectivity index (χ2n) is 5.20. The normalized spacial score (nSPS) is 10.9. The first-order chi connectivity index (χ1) is 11.8. The van der Waals surface area contributed by atoms with Gasteiger partial charge in [0.15, 0.2) is 5.13 Å². The van der Waals surface area contributed by atoms with E-state index in [0.717, 1.165) is 33.7 Å². The molecule has 0 fully saturated rings. The lowest BCUT2D eigenvalue weighted by atomic mass is 10.3. The summed E-state index contributed by atoms with van der Waals surface area (Å²) in [5.41, 5.74) is 3.62. The Morgan fingerprint density at radius 2 is 2.04 bits per heavy atom.